The van der Waals surface area contributed by atoms with Gasteiger partial charge in [-0.3, -0.25) is 4.68 Å². The van der Waals surface area contributed by atoms with Crippen LogP contribution in [-0.2, 0) is 13.5 Å². The Labute approximate surface area is 105 Å². The molecule has 0 spiro atoms. The molecule has 0 aliphatic carbocycles. The number of aromatic nitrogens is 2. The van der Waals surface area contributed by atoms with Gasteiger partial charge in [-0.25, -0.2) is 0 Å². The van der Waals surface area contributed by atoms with E-state index in [1.165, 1.54) is 12.8 Å². The molecule has 1 aromatic heterocycles. The van der Waals surface area contributed by atoms with Crippen molar-refractivity contribution >= 4 is 27.5 Å². The molecule has 2 nitrogen and oxygen atoms in total. The molecule has 0 radical (unpaired) electrons. The minimum Gasteiger partial charge on any atom is -0.271 e. The SMILES string of the molecule is CCCC(CBr)Cc1c(Cl)c(C)nn1C. The zero-order chi connectivity index (χ0) is 11.4. The molecule has 0 N–H and O–H groups in total. The first-order valence-corrected chi connectivity index (χ1v) is 6.84. The van der Waals surface area contributed by atoms with Crippen LogP contribution in [0.3, 0.4) is 0 Å². The van der Waals surface area contributed by atoms with Crippen LogP contribution in [0.15, 0.2) is 0 Å². The normalized spacial score (nSPS) is 13.1. The van der Waals surface area contributed by atoms with Crippen LogP contribution in [-0.4, -0.2) is 15.1 Å². The third kappa shape index (κ3) is 3.22. The smallest absolute Gasteiger partial charge is 0.0847 e. The molecule has 4 heteroatoms. The highest BCUT2D eigenvalue weighted by atomic mass is 79.9. The monoisotopic (exact) mass is 292 g/mol. The maximum absolute atomic E-state index is 6.22. The quantitative estimate of drug-likeness (QED) is 0.756. The summed E-state index contributed by atoms with van der Waals surface area (Å²) in [6, 6.07) is 0. The lowest BCUT2D eigenvalue weighted by atomic mass is 10.00. The van der Waals surface area contributed by atoms with Gasteiger partial charge in [-0.15, -0.1) is 0 Å². The van der Waals surface area contributed by atoms with Crippen molar-refractivity contribution in [3.8, 4) is 0 Å². The molecule has 1 unspecified atom stereocenters. The number of nitrogens with zero attached hydrogens (tertiary/aromatic N) is 2. The average Bonchev–Trinajstić information content (AvgIpc) is 2.44. The minimum atomic E-state index is 0.655. The van der Waals surface area contributed by atoms with Crippen LogP contribution in [0.2, 0.25) is 5.02 Å². The summed E-state index contributed by atoms with van der Waals surface area (Å²) in [6.45, 7) is 4.17. The molecular formula is C11H18BrClN2. The molecule has 0 aliphatic heterocycles. The Morgan fingerprint density at radius 3 is 2.60 bits per heavy atom. The average molecular weight is 294 g/mol. The summed E-state index contributed by atoms with van der Waals surface area (Å²) in [5, 5.41) is 6.19. The number of alkyl halides is 1. The topological polar surface area (TPSA) is 17.8 Å². The third-order valence-corrected chi connectivity index (χ3v) is 4.07. The molecule has 1 aromatic rings. The standard InChI is InChI=1S/C11H18BrClN2/c1-4-5-9(7-12)6-10-11(13)8(2)14-15(10)3/h9H,4-7H2,1-3H3. The lowest BCUT2D eigenvalue weighted by Crippen LogP contribution is -2.09. The molecule has 0 saturated carbocycles. The van der Waals surface area contributed by atoms with Crippen LogP contribution in [0.4, 0.5) is 0 Å². The van der Waals surface area contributed by atoms with Gasteiger partial charge in [0, 0.05) is 12.4 Å². The molecule has 1 atom stereocenters. The van der Waals surface area contributed by atoms with E-state index in [9.17, 15) is 0 Å². The van der Waals surface area contributed by atoms with E-state index in [0.717, 1.165) is 28.2 Å². The fourth-order valence-electron chi connectivity index (χ4n) is 1.82. The summed E-state index contributed by atoms with van der Waals surface area (Å²) in [5.74, 6) is 0.655. The van der Waals surface area contributed by atoms with Gasteiger partial charge in [-0.2, -0.15) is 5.10 Å². The highest BCUT2D eigenvalue weighted by Crippen LogP contribution is 2.24. The molecule has 0 amide bonds. The van der Waals surface area contributed by atoms with E-state index in [4.69, 9.17) is 11.6 Å². The van der Waals surface area contributed by atoms with Crippen molar-refractivity contribution in [1.29, 1.82) is 0 Å². The van der Waals surface area contributed by atoms with Gasteiger partial charge in [0.1, 0.15) is 0 Å². The fraction of sp³-hybridized carbons (Fsp3) is 0.727. The van der Waals surface area contributed by atoms with E-state index >= 15 is 0 Å². The van der Waals surface area contributed by atoms with Gasteiger partial charge in [0.15, 0.2) is 0 Å². The maximum atomic E-state index is 6.22. The van der Waals surface area contributed by atoms with Crippen LogP contribution in [0.25, 0.3) is 0 Å². The molecule has 0 aliphatic rings. The minimum absolute atomic E-state index is 0.655. The van der Waals surface area contributed by atoms with Crippen LogP contribution in [0, 0.1) is 12.8 Å². The van der Waals surface area contributed by atoms with Crippen LogP contribution in [0.5, 0.6) is 0 Å². The Balaban J connectivity index is 2.78. The zero-order valence-corrected chi connectivity index (χ0v) is 11.9. The van der Waals surface area contributed by atoms with E-state index in [0.29, 0.717) is 5.92 Å². The lowest BCUT2D eigenvalue weighted by Gasteiger charge is -2.13. The molecule has 15 heavy (non-hydrogen) atoms. The van der Waals surface area contributed by atoms with Gasteiger partial charge in [0.05, 0.1) is 16.4 Å². The van der Waals surface area contributed by atoms with Crippen molar-refractivity contribution in [2.45, 2.75) is 33.1 Å². The van der Waals surface area contributed by atoms with Crippen molar-refractivity contribution in [3.63, 3.8) is 0 Å². The van der Waals surface area contributed by atoms with E-state index in [-0.39, 0.29) is 0 Å². The maximum Gasteiger partial charge on any atom is 0.0847 e. The predicted molar refractivity (Wildman–Crippen MR) is 68.9 cm³/mol. The van der Waals surface area contributed by atoms with E-state index in [1.807, 2.05) is 18.7 Å². The van der Waals surface area contributed by atoms with Crippen molar-refractivity contribution in [2.24, 2.45) is 13.0 Å². The summed E-state index contributed by atoms with van der Waals surface area (Å²) < 4.78 is 1.91. The van der Waals surface area contributed by atoms with Crippen LogP contribution in [0.1, 0.15) is 31.2 Å². The molecule has 0 fully saturated rings. The Hall–Kier alpha value is -0.0200. The Morgan fingerprint density at radius 1 is 1.53 bits per heavy atom. The molecule has 1 rings (SSSR count). The van der Waals surface area contributed by atoms with Crippen molar-refractivity contribution in [2.75, 3.05) is 5.33 Å². The largest absolute Gasteiger partial charge is 0.271 e. The van der Waals surface area contributed by atoms with Gasteiger partial charge in [0.25, 0.3) is 0 Å². The van der Waals surface area contributed by atoms with Crippen molar-refractivity contribution in [1.82, 2.24) is 9.78 Å². The number of hydrogen-bond donors (Lipinski definition) is 0. The zero-order valence-electron chi connectivity index (χ0n) is 9.56. The first-order valence-electron chi connectivity index (χ1n) is 5.34. The number of halogens is 2. The predicted octanol–water partition coefficient (Wildman–Crippen LogP) is 3.74. The van der Waals surface area contributed by atoms with Gasteiger partial charge in [0.2, 0.25) is 0 Å². The summed E-state index contributed by atoms with van der Waals surface area (Å²) >= 11 is 9.77. The van der Waals surface area contributed by atoms with Crippen molar-refractivity contribution < 1.29 is 0 Å². The summed E-state index contributed by atoms with van der Waals surface area (Å²) in [7, 11) is 1.96. The van der Waals surface area contributed by atoms with Crippen LogP contribution >= 0.6 is 27.5 Å². The molecule has 86 valence electrons. The van der Waals surface area contributed by atoms with Crippen LogP contribution < -0.4 is 0 Å². The van der Waals surface area contributed by atoms with E-state index < -0.39 is 0 Å². The first kappa shape index (κ1) is 13.0. The Bertz CT molecular complexity index is 323. The molecule has 0 bridgehead atoms. The second kappa shape index (κ2) is 5.90. The molecule has 1 heterocycles. The fourth-order valence-corrected chi connectivity index (χ4v) is 2.61. The second-order valence-electron chi connectivity index (χ2n) is 3.98. The third-order valence-electron chi connectivity index (χ3n) is 2.66. The summed E-state index contributed by atoms with van der Waals surface area (Å²) in [6.07, 6.45) is 3.45. The van der Waals surface area contributed by atoms with Crippen molar-refractivity contribution in [3.05, 3.63) is 16.4 Å². The number of aryl methyl sites for hydroxylation is 2. The number of hydrogen-bond acceptors (Lipinski definition) is 1. The summed E-state index contributed by atoms with van der Waals surface area (Å²) in [5.41, 5.74) is 2.09. The van der Waals surface area contributed by atoms with E-state index in [1.54, 1.807) is 0 Å². The first-order chi connectivity index (χ1) is 7.10. The number of rotatable bonds is 5. The van der Waals surface area contributed by atoms with Gasteiger partial charge in [-0.05, 0) is 25.7 Å². The van der Waals surface area contributed by atoms with Gasteiger partial charge in [-0.1, -0.05) is 40.9 Å². The molecular weight excluding hydrogens is 275 g/mol. The molecule has 0 aromatic carbocycles. The summed E-state index contributed by atoms with van der Waals surface area (Å²) in [4.78, 5) is 0. The van der Waals surface area contributed by atoms with Gasteiger partial charge >= 0.3 is 0 Å². The van der Waals surface area contributed by atoms with E-state index in [2.05, 4.69) is 28.0 Å². The Morgan fingerprint density at radius 2 is 2.20 bits per heavy atom. The lowest BCUT2D eigenvalue weighted by molar-refractivity contribution is 0.513. The molecule has 0 saturated heterocycles. The second-order valence-corrected chi connectivity index (χ2v) is 5.01. The Kier molecular flexibility index (Phi) is 5.13. The highest BCUT2D eigenvalue weighted by Gasteiger charge is 2.15. The van der Waals surface area contributed by atoms with Gasteiger partial charge < -0.3 is 0 Å². The highest BCUT2D eigenvalue weighted by molar-refractivity contribution is 9.09.